The number of sulfonamides is 1. The van der Waals surface area contributed by atoms with Gasteiger partial charge in [0.1, 0.15) is 12.2 Å². The molecule has 0 bridgehead atoms. The number of amidine groups is 1. The fourth-order valence-electron chi connectivity index (χ4n) is 3.47. The van der Waals surface area contributed by atoms with Gasteiger partial charge in [-0.15, -0.1) is 0 Å². The molecule has 0 atom stereocenters. The SMILES string of the molecule is CC1=C[N+]2C(Nc3cc(C)[nH]n3)=CN(c3cccc(S(=O)(=O)NC4CC4)c3)CC2=N1. The first-order chi connectivity index (χ1) is 14.4. The molecule has 0 spiro atoms. The fraction of sp³-hybridized carbons (Fsp3) is 0.300. The van der Waals surface area contributed by atoms with E-state index in [-0.39, 0.29) is 10.9 Å². The predicted octanol–water partition coefficient (Wildman–Crippen LogP) is 2.30. The number of aromatic nitrogens is 2. The second kappa shape index (κ2) is 7.08. The molecule has 2 aliphatic heterocycles. The average molecular weight is 426 g/mol. The quantitative estimate of drug-likeness (QED) is 0.616. The van der Waals surface area contributed by atoms with Gasteiger partial charge in [0.05, 0.1) is 11.1 Å². The number of nitrogens with one attached hydrogen (secondary N) is 3. The average Bonchev–Trinajstić information content (AvgIpc) is 3.27. The van der Waals surface area contributed by atoms with Crippen LogP contribution in [0.3, 0.4) is 0 Å². The number of allylic oxidation sites excluding steroid dienone is 1. The number of aliphatic imine (C=N–C) groups is 1. The van der Waals surface area contributed by atoms with E-state index in [0.717, 1.165) is 41.6 Å². The van der Waals surface area contributed by atoms with Gasteiger partial charge < -0.3 is 4.90 Å². The lowest BCUT2D eigenvalue weighted by Crippen LogP contribution is -2.45. The number of aromatic amines is 1. The normalized spacial score (nSPS) is 19.3. The number of H-pyrrole nitrogens is 1. The van der Waals surface area contributed by atoms with E-state index in [4.69, 9.17) is 0 Å². The summed E-state index contributed by atoms with van der Waals surface area (Å²) >= 11 is 0. The smallest absolute Gasteiger partial charge is 0.284 e. The van der Waals surface area contributed by atoms with Crippen LogP contribution < -0.4 is 19.8 Å². The molecule has 155 valence electrons. The Morgan fingerprint density at radius 2 is 2.07 bits per heavy atom. The standard InChI is InChI=1S/C20H23N7O2S/c1-13-8-18(24-23-13)22-20-12-26(11-19-21-14(2)10-27(19)20)16-4-3-5-17(9-16)30(28,29)25-15-6-7-15/h3-5,8-10,12,15,25H,6-7,11H2,1-2H3,(H2,22,23,24)/q+1. The Balaban J connectivity index is 1.48. The fourth-order valence-corrected chi connectivity index (χ4v) is 4.81. The molecule has 10 heteroatoms. The van der Waals surface area contributed by atoms with E-state index in [2.05, 4.69) is 25.2 Å². The first kappa shape index (κ1) is 19.0. The molecule has 5 rings (SSSR count). The van der Waals surface area contributed by atoms with Crippen LogP contribution in [0.5, 0.6) is 0 Å². The Bertz CT molecular complexity index is 1190. The van der Waals surface area contributed by atoms with Crippen LogP contribution in [-0.2, 0) is 10.0 Å². The summed E-state index contributed by atoms with van der Waals surface area (Å²) in [4.78, 5) is 8.87. The first-order valence-electron chi connectivity index (χ1n) is 9.82. The lowest BCUT2D eigenvalue weighted by Gasteiger charge is -2.25. The summed E-state index contributed by atoms with van der Waals surface area (Å²) in [6, 6.07) is 8.97. The van der Waals surface area contributed by atoms with E-state index in [9.17, 15) is 8.42 Å². The van der Waals surface area contributed by atoms with Gasteiger partial charge in [0.2, 0.25) is 10.0 Å². The second-order valence-electron chi connectivity index (χ2n) is 7.76. The van der Waals surface area contributed by atoms with Crippen LogP contribution in [0.1, 0.15) is 25.5 Å². The third-order valence-corrected chi connectivity index (χ3v) is 6.59. The van der Waals surface area contributed by atoms with Crippen molar-refractivity contribution in [1.29, 1.82) is 0 Å². The van der Waals surface area contributed by atoms with Gasteiger partial charge in [-0.1, -0.05) is 6.07 Å². The molecule has 1 aromatic carbocycles. The van der Waals surface area contributed by atoms with Crippen LogP contribution in [0.15, 0.2) is 64.1 Å². The van der Waals surface area contributed by atoms with Crippen LogP contribution in [0, 0.1) is 6.92 Å². The van der Waals surface area contributed by atoms with Crippen LogP contribution in [-0.4, -0.2) is 37.0 Å². The Morgan fingerprint density at radius 1 is 1.23 bits per heavy atom. The topological polar surface area (TPSA) is 108 Å². The van der Waals surface area contributed by atoms with Crippen molar-refractivity contribution in [2.75, 3.05) is 16.8 Å². The van der Waals surface area contributed by atoms with Crippen molar-refractivity contribution in [2.24, 2.45) is 4.99 Å². The molecule has 1 fully saturated rings. The summed E-state index contributed by atoms with van der Waals surface area (Å²) in [6.45, 7) is 4.41. The van der Waals surface area contributed by atoms with Crippen molar-refractivity contribution in [2.45, 2.75) is 37.6 Å². The van der Waals surface area contributed by atoms with Crippen molar-refractivity contribution >= 4 is 27.4 Å². The number of benzene rings is 1. The van der Waals surface area contributed by atoms with Gasteiger partial charge in [-0.25, -0.2) is 13.1 Å². The summed E-state index contributed by atoms with van der Waals surface area (Å²) in [5.41, 5.74) is 2.63. The first-order valence-corrected chi connectivity index (χ1v) is 11.3. The van der Waals surface area contributed by atoms with Crippen molar-refractivity contribution in [3.8, 4) is 0 Å². The van der Waals surface area contributed by atoms with Crippen LogP contribution in [0.25, 0.3) is 0 Å². The summed E-state index contributed by atoms with van der Waals surface area (Å²) in [7, 11) is -3.52. The number of anilines is 2. The van der Waals surface area contributed by atoms with Crippen molar-refractivity contribution in [3.63, 3.8) is 0 Å². The lowest BCUT2D eigenvalue weighted by molar-refractivity contribution is 0.581. The molecular weight excluding hydrogens is 402 g/mol. The van der Waals surface area contributed by atoms with Gasteiger partial charge in [0.25, 0.3) is 11.7 Å². The number of nitrogens with zero attached hydrogens (tertiary/aromatic N) is 4. The van der Waals surface area contributed by atoms with Gasteiger partial charge in [0.15, 0.2) is 12.0 Å². The van der Waals surface area contributed by atoms with E-state index in [1.165, 1.54) is 0 Å². The van der Waals surface area contributed by atoms with E-state index in [0.29, 0.717) is 12.4 Å². The van der Waals surface area contributed by atoms with E-state index >= 15 is 0 Å². The van der Waals surface area contributed by atoms with Gasteiger partial charge in [-0.05, 0) is 49.8 Å². The summed E-state index contributed by atoms with van der Waals surface area (Å²) in [6.07, 6.45) is 5.71. The number of hydrogen-bond acceptors (Lipinski definition) is 7. The molecule has 9 nitrogen and oxygen atoms in total. The highest BCUT2D eigenvalue weighted by Gasteiger charge is 2.39. The van der Waals surface area contributed by atoms with E-state index in [1.54, 1.807) is 18.2 Å². The Hall–Kier alpha value is -2.95. The maximum atomic E-state index is 12.6. The minimum absolute atomic E-state index is 0.0668. The highest BCUT2D eigenvalue weighted by molar-refractivity contribution is 7.89. The third-order valence-electron chi connectivity index (χ3n) is 5.07. The Morgan fingerprint density at radius 3 is 2.80 bits per heavy atom. The highest BCUT2D eigenvalue weighted by Crippen LogP contribution is 2.28. The maximum absolute atomic E-state index is 12.6. The molecule has 1 saturated carbocycles. The Kier molecular flexibility index (Phi) is 4.49. The van der Waals surface area contributed by atoms with Crippen LogP contribution in [0.4, 0.5) is 11.5 Å². The van der Waals surface area contributed by atoms with E-state index in [1.807, 2.05) is 48.2 Å². The largest absolute Gasteiger partial charge is 0.329 e. The molecule has 3 heterocycles. The monoisotopic (exact) mass is 425 g/mol. The number of rotatable bonds is 6. The summed E-state index contributed by atoms with van der Waals surface area (Å²) in [5, 5.41) is 10.5. The highest BCUT2D eigenvalue weighted by atomic mass is 32.2. The molecule has 3 N–H and O–H groups in total. The minimum atomic E-state index is -3.52. The number of hydrogen-bond donors (Lipinski definition) is 3. The zero-order valence-corrected chi connectivity index (χ0v) is 17.6. The number of fused-ring (bicyclic) bond motifs is 1. The molecule has 30 heavy (non-hydrogen) atoms. The predicted molar refractivity (Wildman–Crippen MR) is 115 cm³/mol. The van der Waals surface area contributed by atoms with Crippen molar-refractivity contribution in [1.82, 2.24) is 19.8 Å². The zero-order chi connectivity index (χ0) is 20.9. The van der Waals surface area contributed by atoms with Gasteiger partial charge in [-0.3, -0.25) is 10.4 Å². The van der Waals surface area contributed by atoms with Gasteiger partial charge in [0, 0.05) is 23.5 Å². The lowest BCUT2D eigenvalue weighted by atomic mass is 10.2. The summed E-state index contributed by atoms with van der Waals surface area (Å²) in [5.74, 6) is 2.34. The molecule has 2 aromatic rings. The molecule has 1 radical (unpaired) electrons. The van der Waals surface area contributed by atoms with Crippen molar-refractivity contribution in [3.05, 3.63) is 59.9 Å². The molecule has 0 unspecified atom stereocenters. The van der Waals surface area contributed by atoms with E-state index < -0.39 is 10.0 Å². The maximum Gasteiger partial charge on any atom is 0.284 e. The van der Waals surface area contributed by atoms with Gasteiger partial charge in [-0.2, -0.15) is 10.1 Å². The molecule has 1 aromatic heterocycles. The second-order valence-corrected chi connectivity index (χ2v) is 9.48. The molecular formula is C20H23N7O2S+. The zero-order valence-electron chi connectivity index (χ0n) is 16.8. The van der Waals surface area contributed by atoms with Crippen LogP contribution >= 0.6 is 0 Å². The number of aryl methyl sites for hydroxylation is 1. The van der Waals surface area contributed by atoms with Crippen LogP contribution in [0.2, 0.25) is 0 Å². The van der Waals surface area contributed by atoms with Crippen molar-refractivity contribution < 1.29 is 8.42 Å². The summed E-state index contributed by atoms with van der Waals surface area (Å²) < 4.78 is 28.0. The minimum Gasteiger partial charge on any atom is -0.329 e. The molecule has 0 amide bonds. The third kappa shape index (κ3) is 3.76. The van der Waals surface area contributed by atoms with Gasteiger partial charge >= 0.3 is 0 Å². The molecule has 3 aliphatic rings. The molecule has 1 aliphatic carbocycles. The molecule has 0 saturated heterocycles. The Labute approximate surface area is 175 Å².